The van der Waals surface area contributed by atoms with Crippen molar-refractivity contribution in [3.05, 3.63) is 34.7 Å². The molecule has 0 aliphatic carbocycles. The zero-order valence-electron chi connectivity index (χ0n) is 16.9. The van der Waals surface area contributed by atoms with Crippen molar-refractivity contribution in [2.24, 2.45) is 0 Å². The van der Waals surface area contributed by atoms with Crippen molar-refractivity contribution in [3.8, 4) is 0 Å². The van der Waals surface area contributed by atoms with Crippen LogP contribution in [0.1, 0.15) is 54.3 Å². The van der Waals surface area contributed by atoms with Crippen molar-refractivity contribution < 1.29 is 14.4 Å². The molecule has 0 bridgehead atoms. The smallest absolute Gasteiger partial charge is 0.264 e. The van der Waals surface area contributed by atoms with Crippen LogP contribution in [0.4, 0.5) is 0 Å². The lowest BCUT2D eigenvalue weighted by Crippen LogP contribution is -2.46. The Balaban J connectivity index is 1.60. The Labute approximate surface area is 174 Å². The van der Waals surface area contributed by atoms with E-state index in [1.165, 1.54) is 6.92 Å². The largest absolute Gasteiger partial charge is 0.353 e. The molecule has 0 radical (unpaired) electrons. The van der Waals surface area contributed by atoms with Crippen molar-refractivity contribution in [1.82, 2.24) is 15.1 Å². The molecule has 154 valence electrons. The summed E-state index contributed by atoms with van der Waals surface area (Å²) in [4.78, 5) is 41.2. The second-order valence-electron chi connectivity index (χ2n) is 8.06. The van der Waals surface area contributed by atoms with Crippen LogP contribution < -0.4 is 5.32 Å². The molecule has 2 aliphatic heterocycles. The van der Waals surface area contributed by atoms with Crippen LogP contribution in [0.25, 0.3) is 10.1 Å². The molecular weight excluding hydrogens is 386 g/mol. The van der Waals surface area contributed by atoms with Gasteiger partial charge in [0.2, 0.25) is 11.8 Å². The van der Waals surface area contributed by atoms with E-state index in [9.17, 15) is 14.4 Å². The van der Waals surface area contributed by atoms with Gasteiger partial charge in [-0.2, -0.15) is 0 Å². The first kappa shape index (κ1) is 19.9. The Kier molecular flexibility index (Phi) is 5.58. The minimum Gasteiger partial charge on any atom is -0.353 e. The fourth-order valence-electron chi connectivity index (χ4n) is 4.57. The second kappa shape index (κ2) is 8.14. The zero-order valence-corrected chi connectivity index (χ0v) is 17.8. The van der Waals surface area contributed by atoms with Crippen LogP contribution in [0.5, 0.6) is 0 Å². The summed E-state index contributed by atoms with van der Waals surface area (Å²) in [7, 11) is 0. The van der Waals surface area contributed by atoms with Gasteiger partial charge in [-0.25, -0.2) is 0 Å². The van der Waals surface area contributed by atoms with Gasteiger partial charge < -0.3 is 15.1 Å². The van der Waals surface area contributed by atoms with E-state index in [0.717, 1.165) is 46.3 Å². The maximum absolute atomic E-state index is 13.5. The lowest BCUT2D eigenvalue weighted by molar-refractivity contribution is -0.127. The lowest BCUT2D eigenvalue weighted by Gasteiger charge is -2.32. The third-order valence-corrected chi connectivity index (χ3v) is 7.23. The van der Waals surface area contributed by atoms with Crippen LogP contribution in [-0.2, 0) is 9.59 Å². The van der Waals surface area contributed by atoms with Gasteiger partial charge in [0.05, 0.1) is 4.88 Å². The number of thiophene rings is 1. The first-order chi connectivity index (χ1) is 13.9. The number of nitrogens with zero attached hydrogens (tertiary/aromatic N) is 2. The first-order valence-electron chi connectivity index (χ1n) is 10.3. The zero-order chi connectivity index (χ0) is 20.5. The highest BCUT2D eigenvalue weighted by molar-refractivity contribution is 7.21. The minimum absolute atomic E-state index is 0.0159. The van der Waals surface area contributed by atoms with E-state index in [1.807, 2.05) is 21.9 Å². The molecule has 3 amide bonds. The summed E-state index contributed by atoms with van der Waals surface area (Å²) in [6, 6.07) is 8.34. The highest BCUT2D eigenvalue weighted by Gasteiger charge is 2.33. The normalized spacial score (nSPS) is 20.3. The number of rotatable bonds is 3. The summed E-state index contributed by atoms with van der Waals surface area (Å²) in [6.07, 6.45) is 2.46. The van der Waals surface area contributed by atoms with Crippen molar-refractivity contribution in [3.63, 3.8) is 0 Å². The summed E-state index contributed by atoms with van der Waals surface area (Å²) in [5.74, 6) is 0.368. The molecule has 6 nitrogen and oxygen atoms in total. The monoisotopic (exact) mass is 413 g/mol. The summed E-state index contributed by atoms with van der Waals surface area (Å²) >= 11 is 1.57. The van der Waals surface area contributed by atoms with Crippen molar-refractivity contribution >= 4 is 39.1 Å². The van der Waals surface area contributed by atoms with Gasteiger partial charge in [0.1, 0.15) is 0 Å². The van der Waals surface area contributed by atoms with Gasteiger partial charge >= 0.3 is 0 Å². The fourth-order valence-corrected chi connectivity index (χ4v) is 5.83. The highest BCUT2D eigenvalue weighted by Crippen LogP contribution is 2.40. The minimum atomic E-state index is -0.0159. The molecule has 4 rings (SSSR count). The number of carbonyl (C=O) groups excluding carboxylic acids is 3. The van der Waals surface area contributed by atoms with Gasteiger partial charge in [0.25, 0.3) is 5.91 Å². The quantitative estimate of drug-likeness (QED) is 0.841. The van der Waals surface area contributed by atoms with Crippen molar-refractivity contribution in [2.45, 2.75) is 45.1 Å². The lowest BCUT2D eigenvalue weighted by atomic mass is 9.94. The second-order valence-corrected chi connectivity index (χ2v) is 9.11. The van der Waals surface area contributed by atoms with E-state index in [1.54, 1.807) is 18.3 Å². The molecular formula is C22H27N3O3S. The number of benzene rings is 1. The summed E-state index contributed by atoms with van der Waals surface area (Å²) in [5.41, 5.74) is 1.11. The number of amides is 3. The van der Waals surface area contributed by atoms with Gasteiger partial charge in [0.15, 0.2) is 0 Å². The van der Waals surface area contributed by atoms with Gasteiger partial charge in [-0.1, -0.05) is 18.2 Å². The third-order valence-electron chi connectivity index (χ3n) is 6.06. The molecule has 2 aliphatic rings. The Morgan fingerprint density at radius 1 is 1.00 bits per heavy atom. The molecule has 3 heterocycles. The third kappa shape index (κ3) is 4.01. The molecule has 2 saturated heterocycles. The van der Waals surface area contributed by atoms with E-state index in [2.05, 4.69) is 17.4 Å². The van der Waals surface area contributed by atoms with E-state index in [-0.39, 0.29) is 29.7 Å². The Morgan fingerprint density at radius 3 is 2.34 bits per heavy atom. The molecule has 2 aromatic rings. The van der Waals surface area contributed by atoms with Gasteiger partial charge in [-0.3, -0.25) is 14.4 Å². The fraction of sp³-hybridized carbons (Fsp3) is 0.500. The van der Waals surface area contributed by atoms with Crippen LogP contribution in [0, 0.1) is 0 Å². The average Bonchev–Trinajstić information content (AvgIpc) is 3.32. The molecule has 1 N–H and O–H groups in total. The van der Waals surface area contributed by atoms with E-state index >= 15 is 0 Å². The van der Waals surface area contributed by atoms with Crippen molar-refractivity contribution in [2.75, 3.05) is 26.2 Å². The first-order valence-corrected chi connectivity index (χ1v) is 11.1. The highest BCUT2D eigenvalue weighted by atomic mass is 32.1. The Morgan fingerprint density at radius 2 is 1.69 bits per heavy atom. The van der Waals surface area contributed by atoms with Crippen LogP contribution in [-0.4, -0.2) is 59.7 Å². The number of fused-ring (bicyclic) bond motifs is 1. The van der Waals surface area contributed by atoms with Crippen LogP contribution in [0.3, 0.4) is 0 Å². The number of hydrogen-bond donors (Lipinski definition) is 1. The maximum atomic E-state index is 13.5. The predicted molar refractivity (Wildman–Crippen MR) is 114 cm³/mol. The van der Waals surface area contributed by atoms with Crippen LogP contribution >= 0.6 is 11.3 Å². The van der Waals surface area contributed by atoms with Crippen LogP contribution in [0.2, 0.25) is 0 Å². The SMILES string of the molecule is CC(=O)NC1CCN(C(=O)c2sc3ccccc3c2[C@@H]2CCN(C(C)=O)C2)CC1. The van der Waals surface area contributed by atoms with Gasteiger partial charge in [-0.15, -0.1) is 11.3 Å². The molecule has 1 atom stereocenters. The molecule has 0 saturated carbocycles. The number of nitrogens with one attached hydrogen (secondary N) is 1. The maximum Gasteiger partial charge on any atom is 0.264 e. The number of likely N-dealkylation sites (tertiary alicyclic amines) is 2. The van der Waals surface area contributed by atoms with Gasteiger partial charge in [0, 0.05) is 56.7 Å². The van der Waals surface area contributed by atoms with Crippen LogP contribution in [0.15, 0.2) is 24.3 Å². The van der Waals surface area contributed by atoms with E-state index in [0.29, 0.717) is 19.6 Å². The van der Waals surface area contributed by atoms with Gasteiger partial charge in [-0.05, 0) is 36.3 Å². The number of carbonyl (C=O) groups is 3. The summed E-state index contributed by atoms with van der Waals surface area (Å²) < 4.78 is 1.13. The molecule has 2 fully saturated rings. The number of hydrogen-bond acceptors (Lipinski definition) is 4. The molecule has 1 aromatic carbocycles. The molecule has 7 heteroatoms. The van der Waals surface area contributed by atoms with Crippen molar-refractivity contribution in [1.29, 1.82) is 0 Å². The predicted octanol–water partition coefficient (Wildman–Crippen LogP) is 2.98. The Hall–Kier alpha value is -2.41. The molecule has 0 spiro atoms. The Bertz CT molecular complexity index is 946. The summed E-state index contributed by atoms with van der Waals surface area (Å²) in [6.45, 7) is 5.89. The molecule has 1 aromatic heterocycles. The molecule has 0 unspecified atom stereocenters. The van der Waals surface area contributed by atoms with E-state index < -0.39 is 0 Å². The standard InChI is InChI=1S/C22H27N3O3S/c1-14(26)23-17-8-11-24(12-9-17)22(28)21-20(16-7-10-25(13-16)15(2)27)18-5-3-4-6-19(18)29-21/h3-6,16-17H,7-13H2,1-2H3,(H,23,26)/t16-/m1/s1. The topological polar surface area (TPSA) is 69.7 Å². The van der Waals surface area contributed by atoms with E-state index in [4.69, 9.17) is 0 Å². The summed E-state index contributed by atoms with van der Waals surface area (Å²) in [5, 5.41) is 4.11. The average molecular weight is 414 g/mol. The molecule has 29 heavy (non-hydrogen) atoms. The number of piperidine rings is 1.